The van der Waals surface area contributed by atoms with Gasteiger partial charge in [-0.05, 0) is 36.8 Å². The molecule has 118 valence electrons. The van der Waals surface area contributed by atoms with Gasteiger partial charge < -0.3 is 5.32 Å². The fourth-order valence-electron chi connectivity index (χ4n) is 2.64. The summed E-state index contributed by atoms with van der Waals surface area (Å²) < 4.78 is 1.50. The highest BCUT2D eigenvalue weighted by Gasteiger charge is 2.49. The maximum Gasteiger partial charge on any atom is 0.242 e. The summed E-state index contributed by atoms with van der Waals surface area (Å²) >= 11 is 18.9. The highest BCUT2D eigenvalue weighted by molar-refractivity contribution is 9.11. The molecule has 3 nitrogen and oxygen atoms in total. The average Bonchev–Trinajstić information content (AvgIpc) is 2.44. The highest BCUT2D eigenvalue weighted by atomic mass is 79.9. The molecule has 3 rings (SSSR count). The van der Waals surface area contributed by atoms with Crippen LogP contribution in [0.4, 0.5) is 5.69 Å². The molecule has 0 bridgehead atoms. The monoisotopic (exact) mass is 475 g/mol. The Morgan fingerprint density at radius 3 is 2.43 bits per heavy atom. The second-order valence-electron chi connectivity index (χ2n) is 5.34. The molecule has 0 saturated heterocycles. The first kappa shape index (κ1) is 17.0. The van der Waals surface area contributed by atoms with Crippen LogP contribution < -0.4 is 5.32 Å². The molecule has 7 heteroatoms. The van der Waals surface area contributed by atoms with E-state index in [0.717, 1.165) is 4.47 Å². The van der Waals surface area contributed by atoms with Crippen molar-refractivity contribution in [1.82, 2.24) is 0 Å². The number of fused-ring (bicyclic) bond motifs is 1. The second kappa shape index (κ2) is 5.88. The van der Waals surface area contributed by atoms with Gasteiger partial charge in [0.1, 0.15) is 5.41 Å². The minimum atomic E-state index is -1.38. The van der Waals surface area contributed by atoms with E-state index in [9.17, 15) is 9.59 Å². The number of halogens is 4. The van der Waals surface area contributed by atoms with Crippen molar-refractivity contribution < 1.29 is 9.59 Å². The summed E-state index contributed by atoms with van der Waals surface area (Å²) in [7, 11) is 0. The Balaban J connectivity index is 2.24. The number of amides is 1. The third-order valence-electron chi connectivity index (χ3n) is 3.91. The molecule has 1 heterocycles. The van der Waals surface area contributed by atoms with Crippen LogP contribution in [0.1, 0.15) is 22.8 Å². The van der Waals surface area contributed by atoms with E-state index < -0.39 is 11.3 Å². The number of hydrogen-bond acceptors (Lipinski definition) is 2. The Labute approximate surface area is 159 Å². The smallest absolute Gasteiger partial charge is 0.242 e. The van der Waals surface area contributed by atoms with Gasteiger partial charge in [-0.25, -0.2) is 0 Å². The highest BCUT2D eigenvalue weighted by Crippen LogP contribution is 2.43. The zero-order chi connectivity index (χ0) is 16.9. The number of carbonyl (C=O) groups excluding carboxylic acids is 2. The van der Waals surface area contributed by atoms with E-state index in [0.29, 0.717) is 20.7 Å². The Morgan fingerprint density at radius 1 is 1.09 bits per heavy atom. The summed E-state index contributed by atoms with van der Waals surface area (Å²) in [4.78, 5) is 25.8. The Kier molecular flexibility index (Phi) is 4.34. The van der Waals surface area contributed by atoms with Gasteiger partial charge in [-0.15, -0.1) is 0 Å². The number of benzene rings is 2. The van der Waals surface area contributed by atoms with Gasteiger partial charge in [-0.3, -0.25) is 9.59 Å². The van der Waals surface area contributed by atoms with Crippen molar-refractivity contribution in [2.45, 2.75) is 12.3 Å². The van der Waals surface area contributed by atoms with Crippen molar-refractivity contribution in [2.75, 3.05) is 5.32 Å². The molecular weight excluding hydrogens is 469 g/mol. The van der Waals surface area contributed by atoms with E-state index in [1.54, 1.807) is 25.1 Å². The van der Waals surface area contributed by atoms with E-state index in [1.165, 1.54) is 12.1 Å². The first-order valence-corrected chi connectivity index (χ1v) is 8.90. The molecule has 1 atom stereocenters. The molecule has 1 unspecified atom stereocenters. The van der Waals surface area contributed by atoms with Gasteiger partial charge in [-0.2, -0.15) is 0 Å². The van der Waals surface area contributed by atoms with Gasteiger partial charge in [0.15, 0.2) is 5.78 Å². The zero-order valence-corrected chi connectivity index (χ0v) is 16.4. The van der Waals surface area contributed by atoms with Gasteiger partial charge in [0.2, 0.25) is 5.91 Å². The molecule has 1 aliphatic heterocycles. The molecule has 23 heavy (non-hydrogen) atoms. The molecule has 0 aliphatic carbocycles. The van der Waals surface area contributed by atoms with Gasteiger partial charge in [-0.1, -0.05) is 61.1 Å². The third-order valence-corrected chi connectivity index (χ3v) is 5.57. The van der Waals surface area contributed by atoms with Crippen LogP contribution in [-0.2, 0) is 10.2 Å². The lowest BCUT2D eigenvalue weighted by molar-refractivity contribution is -0.119. The van der Waals surface area contributed by atoms with Crippen LogP contribution in [-0.4, -0.2) is 11.7 Å². The van der Waals surface area contributed by atoms with Crippen molar-refractivity contribution in [3.05, 3.63) is 60.4 Å². The summed E-state index contributed by atoms with van der Waals surface area (Å²) in [6.45, 7) is 1.59. The van der Waals surface area contributed by atoms with Crippen LogP contribution in [0.25, 0.3) is 0 Å². The van der Waals surface area contributed by atoms with E-state index in [1.807, 2.05) is 0 Å². The molecular formula is C16H9Br2Cl2NO2. The minimum absolute atomic E-state index is 0.219. The molecule has 0 spiro atoms. The predicted octanol–water partition coefficient (Wildman–Crippen LogP) is 5.61. The van der Waals surface area contributed by atoms with E-state index in [4.69, 9.17) is 23.2 Å². The molecule has 1 amide bonds. The standard InChI is InChI=1S/C16H9Br2Cl2NO2/c1-16(9-3-2-7(17)4-10(9)18)14(22)13-11(20)5-8(19)6-12(13)21-15(16)23/h2-6H,1H3,(H,21,23). The van der Waals surface area contributed by atoms with Gasteiger partial charge >= 0.3 is 0 Å². The summed E-state index contributed by atoms with van der Waals surface area (Å²) in [5, 5.41) is 3.32. The van der Waals surface area contributed by atoms with Crippen LogP contribution in [0.3, 0.4) is 0 Å². The summed E-state index contributed by atoms with van der Waals surface area (Å²) in [5.41, 5.74) is -0.208. The van der Waals surface area contributed by atoms with E-state index >= 15 is 0 Å². The van der Waals surface area contributed by atoms with Crippen LogP contribution in [0.15, 0.2) is 39.3 Å². The Morgan fingerprint density at radius 2 is 1.78 bits per heavy atom. The van der Waals surface area contributed by atoms with Crippen LogP contribution in [0, 0.1) is 0 Å². The van der Waals surface area contributed by atoms with Gasteiger partial charge in [0.25, 0.3) is 0 Å². The number of carbonyl (C=O) groups is 2. The fraction of sp³-hybridized carbons (Fsp3) is 0.125. The fourth-order valence-corrected chi connectivity index (χ4v) is 4.67. The first-order valence-electron chi connectivity index (χ1n) is 6.56. The summed E-state index contributed by atoms with van der Waals surface area (Å²) in [6.07, 6.45) is 0. The topological polar surface area (TPSA) is 46.2 Å². The van der Waals surface area contributed by atoms with Crippen molar-refractivity contribution in [1.29, 1.82) is 0 Å². The van der Waals surface area contributed by atoms with E-state index in [2.05, 4.69) is 37.2 Å². The van der Waals surface area contributed by atoms with E-state index in [-0.39, 0.29) is 16.4 Å². The van der Waals surface area contributed by atoms with Gasteiger partial charge in [0.05, 0.1) is 16.3 Å². The number of nitrogens with one attached hydrogen (secondary N) is 1. The largest absolute Gasteiger partial charge is 0.324 e. The van der Waals surface area contributed by atoms with Crippen LogP contribution >= 0.6 is 55.1 Å². The van der Waals surface area contributed by atoms with Crippen molar-refractivity contribution in [3.63, 3.8) is 0 Å². The van der Waals surface area contributed by atoms with Crippen molar-refractivity contribution >= 4 is 72.4 Å². The predicted molar refractivity (Wildman–Crippen MR) is 98.6 cm³/mol. The lowest BCUT2D eigenvalue weighted by atomic mass is 9.73. The molecule has 2 aromatic carbocycles. The molecule has 0 fully saturated rings. The Hall–Kier alpha value is -0.880. The average molecular weight is 478 g/mol. The lowest BCUT2D eigenvalue weighted by Gasteiger charge is -2.34. The first-order chi connectivity index (χ1) is 10.7. The number of ketones is 1. The molecule has 1 N–H and O–H groups in total. The third kappa shape index (κ3) is 2.64. The maximum absolute atomic E-state index is 13.1. The second-order valence-corrected chi connectivity index (χ2v) is 7.96. The number of Topliss-reactive ketones (excluding diaryl/α,β-unsaturated/α-hetero) is 1. The van der Waals surface area contributed by atoms with Crippen molar-refractivity contribution in [2.24, 2.45) is 0 Å². The summed E-state index contributed by atoms with van der Waals surface area (Å²) in [6, 6.07) is 8.33. The molecule has 0 radical (unpaired) electrons. The number of rotatable bonds is 1. The van der Waals surface area contributed by atoms with Gasteiger partial charge in [0, 0.05) is 14.0 Å². The van der Waals surface area contributed by atoms with Crippen LogP contribution in [0.5, 0.6) is 0 Å². The lowest BCUT2D eigenvalue weighted by Crippen LogP contribution is -2.48. The molecule has 2 aromatic rings. The minimum Gasteiger partial charge on any atom is -0.324 e. The maximum atomic E-state index is 13.1. The number of hydrogen-bond donors (Lipinski definition) is 1. The number of anilines is 1. The zero-order valence-electron chi connectivity index (χ0n) is 11.7. The summed E-state index contributed by atoms with van der Waals surface area (Å²) in [5.74, 6) is -0.780. The van der Waals surface area contributed by atoms with Crippen LogP contribution in [0.2, 0.25) is 10.0 Å². The molecule has 1 aliphatic rings. The molecule has 0 aromatic heterocycles. The Bertz CT molecular complexity index is 869. The normalized spacial score (nSPS) is 20.2. The van der Waals surface area contributed by atoms with Crippen molar-refractivity contribution in [3.8, 4) is 0 Å². The SMILES string of the molecule is CC1(c2ccc(Br)cc2Br)C(=O)Nc2cc(Cl)cc(Cl)c2C1=O. The molecule has 0 saturated carbocycles. The quantitative estimate of drug-likeness (QED) is 0.542.